The molecule has 164 valence electrons. The van der Waals surface area contributed by atoms with Gasteiger partial charge in [-0.3, -0.25) is 9.59 Å². The van der Waals surface area contributed by atoms with Gasteiger partial charge in [0.15, 0.2) is 0 Å². The van der Waals surface area contributed by atoms with Gasteiger partial charge in [-0.15, -0.1) is 0 Å². The van der Waals surface area contributed by atoms with Crippen LogP contribution in [0.2, 0.25) is 0 Å². The molecule has 0 spiro atoms. The minimum absolute atomic E-state index is 0.0699. The van der Waals surface area contributed by atoms with Crippen LogP contribution in [0.4, 0.5) is 11.4 Å². The third-order valence-corrected chi connectivity index (χ3v) is 5.69. The van der Waals surface area contributed by atoms with Crippen molar-refractivity contribution in [2.75, 3.05) is 43.5 Å². The van der Waals surface area contributed by atoms with Gasteiger partial charge in [-0.05, 0) is 61.0 Å². The number of aryl methyl sites for hydroxylation is 1. The van der Waals surface area contributed by atoms with Crippen molar-refractivity contribution < 1.29 is 14.3 Å². The maximum atomic E-state index is 13.3. The predicted molar refractivity (Wildman–Crippen MR) is 127 cm³/mol. The van der Waals surface area contributed by atoms with E-state index in [1.165, 1.54) is 11.3 Å². The first-order valence-corrected chi connectivity index (χ1v) is 10.7. The van der Waals surface area contributed by atoms with E-state index < -0.39 is 0 Å². The summed E-state index contributed by atoms with van der Waals surface area (Å²) in [6, 6.07) is 22.4. The van der Waals surface area contributed by atoms with Crippen molar-refractivity contribution in [1.29, 1.82) is 0 Å². The molecule has 2 amide bonds. The van der Waals surface area contributed by atoms with E-state index in [2.05, 4.69) is 41.4 Å². The summed E-state index contributed by atoms with van der Waals surface area (Å²) >= 11 is 0. The van der Waals surface area contributed by atoms with E-state index in [4.69, 9.17) is 4.74 Å². The monoisotopic (exact) mass is 429 g/mol. The van der Waals surface area contributed by atoms with Crippen LogP contribution in [-0.4, -0.2) is 50.0 Å². The molecule has 0 aliphatic carbocycles. The third-order valence-electron chi connectivity index (χ3n) is 5.69. The SMILES string of the molecule is COc1ccc(C(=O)Nc2ccccc2C(=O)N2CCN(c3cccc(C)c3)CC2)cc1. The minimum atomic E-state index is -0.267. The van der Waals surface area contributed by atoms with Gasteiger partial charge in [-0.25, -0.2) is 0 Å². The lowest BCUT2D eigenvalue weighted by Crippen LogP contribution is -2.49. The zero-order valence-corrected chi connectivity index (χ0v) is 18.4. The first kappa shape index (κ1) is 21.4. The first-order valence-electron chi connectivity index (χ1n) is 10.7. The highest BCUT2D eigenvalue weighted by molar-refractivity contribution is 6.09. The normalized spacial score (nSPS) is 13.6. The summed E-state index contributed by atoms with van der Waals surface area (Å²) in [5.41, 5.74) is 3.92. The summed E-state index contributed by atoms with van der Waals surface area (Å²) in [7, 11) is 1.58. The van der Waals surface area contributed by atoms with Crippen molar-refractivity contribution >= 4 is 23.2 Å². The van der Waals surface area contributed by atoms with Crippen LogP contribution in [0.3, 0.4) is 0 Å². The highest BCUT2D eigenvalue weighted by Gasteiger charge is 2.24. The van der Waals surface area contributed by atoms with Gasteiger partial charge >= 0.3 is 0 Å². The van der Waals surface area contributed by atoms with Crippen LogP contribution in [0.1, 0.15) is 26.3 Å². The molecule has 1 fully saturated rings. The molecule has 0 radical (unpaired) electrons. The summed E-state index contributed by atoms with van der Waals surface area (Å²) in [6.07, 6.45) is 0. The average molecular weight is 430 g/mol. The molecule has 4 rings (SSSR count). The summed E-state index contributed by atoms with van der Waals surface area (Å²) in [4.78, 5) is 30.1. The second-order valence-electron chi connectivity index (χ2n) is 7.85. The van der Waals surface area contributed by atoms with Gasteiger partial charge in [0.05, 0.1) is 18.4 Å². The van der Waals surface area contributed by atoms with Crippen LogP contribution in [0, 0.1) is 6.92 Å². The number of para-hydroxylation sites is 1. The summed E-state index contributed by atoms with van der Waals surface area (Å²) in [6.45, 7) is 4.90. The number of hydrogen-bond acceptors (Lipinski definition) is 4. The van der Waals surface area contributed by atoms with Crippen molar-refractivity contribution in [3.05, 3.63) is 89.5 Å². The largest absolute Gasteiger partial charge is 0.497 e. The standard InChI is InChI=1S/C26H27N3O3/c1-19-6-5-7-21(18-19)28-14-16-29(17-15-28)26(31)23-8-3-4-9-24(23)27-25(30)20-10-12-22(32-2)13-11-20/h3-13,18H,14-17H2,1-2H3,(H,27,30). The topological polar surface area (TPSA) is 61.9 Å². The lowest BCUT2D eigenvalue weighted by Gasteiger charge is -2.36. The van der Waals surface area contributed by atoms with E-state index in [9.17, 15) is 9.59 Å². The zero-order valence-electron chi connectivity index (χ0n) is 18.4. The van der Waals surface area contributed by atoms with Crippen LogP contribution in [0.25, 0.3) is 0 Å². The number of piperazine rings is 1. The van der Waals surface area contributed by atoms with Gasteiger partial charge in [0.25, 0.3) is 11.8 Å². The Kier molecular flexibility index (Phi) is 6.40. The van der Waals surface area contributed by atoms with Gasteiger partial charge < -0.3 is 19.9 Å². The molecular weight excluding hydrogens is 402 g/mol. The second kappa shape index (κ2) is 9.56. The van der Waals surface area contributed by atoms with Crippen LogP contribution in [0.15, 0.2) is 72.8 Å². The van der Waals surface area contributed by atoms with Gasteiger partial charge in [0.2, 0.25) is 0 Å². The Bertz CT molecular complexity index is 1100. The molecular formula is C26H27N3O3. The molecule has 6 nitrogen and oxygen atoms in total. The smallest absolute Gasteiger partial charge is 0.256 e. The summed E-state index contributed by atoms with van der Waals surface area (Å²) < 4.78 is 5.14. The molecule has 0 bridgehead atoms. The van der Waals surface area contributed by atoms with Gasteiger partial charge in [-0.2, -0.15) is 0 Å². The number of anilines is 2. The molecule has 1 aliphatic rings. The molecule has 3 aromatic carbocycles. The Morgan fingerprint density at radius 1 is 0.875 bits per heavy atom. The molecule has 3 aromatic rings. The number of rotatable bonds is 5. The highest BCUT2D eigenvalue weighted by atomic mass is 16.5. The van der Waals surface area contributed by atoms with E-state index in [1.807, 2.05) is 17.0 Å². The number of benzene rings is 3. The quantitative estimate of drug-likeness (QED) is 0.660. The van der Waals surface area contributed by atoms with Crippen molar-refractivity contribution in [2.24, 2.45) is 0 Å². The fourth-order valence-corrected chi connectivity index (χ4v) is 3.88. The maximum Gasteiger partial charge on any atom is 0.256 e. The Balaban J connectivity index is 1.44. The van der Waals surface area contributed by atoms with E-state index >= 15 is 0 Å². The third kappa shape index (κ3) is 4.75. The van der Waals surface area contributed by atoms with Crippen molar-refractivity contribution in [3.63, 3.8) is 0 Å². The molecule has 0 aromatic heterocycles. The lowest BCUT2D eigenvalue weighted by atomic mass is 10.1. The number of amides is 2. The molecule has 1 saturated heterocycles. The fourth-order valence-electron chi connectivity index (χ4n) is 3.88. The van der Waals surface area contributed by atoms with E-state index in [0.29, 0.717) is 35.7 Å². The fraction of sp³-hybridized carbons (Fsp3) is 0.231. The maximum absolute atomic E-state index is 13.3. The highest BCUT2D eigenvalue weighted by Crippen LogP contribution is 2.22. The molecule has 1 aliphatic heterocycles. The van der Waals surface area contributed by atoms with Crippen molar-refractivity contribution in [1.82, 2.24) is 4.90 Å². The number of carbonyl (C=O) groups excluding carboxylic acids is 2. The number of nitrogens with one attached hydrogen (secondary N) is 1. The van der Waals surface area contributed by atoms with E-state index in [0.717, 1.165) is 13.1 Å². The number of hydrogen-bond donors (Lipinski definition) is 1. The molecule has 0 atom stereocenters. The number of nitrogens with zero attached hydrogens (tertiary/aromatic N) is 2. The Morgan fingerprint density at radius 3 is 2.28 bits per heavy atom. The number of methoxy groups -OCH3 is 1. The van der Waals surface area contributed by atoms with Crippen molar-refractivity contribution in [3.8, 4) is 5.75 Å². The van der Waals surface area contributed by atoms with Crippen molar-refractivity contribution in [2.45, 2.75) is 6.92 Å². The second-order valence-corrected chi connectivity index (χ2v) is 7.85. The Morgan fingerprint density at radius 2 is 1.59 bits per heavy atom. The molecule has 0 saturated carbocycles. The Labute approximate surface area is 188 Å². The molecule has 1 heterocycles. The summed E-state index contributed by atoms with van der Waals surface area (Å²) in [5, 5.41) is 2.89. The van der Waals surface area contributed by atoms with Crippen LogP contribution >= 0.6 is 0 Å². The van der Waals surface area contributed by atoms with Crippen LogP contribution < -0.4 is 15.0 Å². The molecule has 32 heavy (non-hydrogen) atoms. The van der Waals surface area contributed by atoms with Gasteiger partial charge in [-0.1, -0.05) is 24.3 Å². The van der Waals surface area contributed by atoms with E-state index in [-0.39, 0.29) is 11.8 Å². The molecule has 6 heteroatoms. The van der Waals surface area contributed by atoms with Gasteiger partial charge in [0, 0.05) is 37.4 Å². The molecule has 1 N–H and O–H groups in total. The molecule has 0 unspecified atom stereocenters. The Hall–Kier alpha value is -3.80. The van der Waals surface area contributed by atoms with E-state index in [1.54, 1.807) is 43.5 Å². The average Bonchev–Trinajstić information content (AvgIpc) is 2.84. The minimum Gasteiger partial charge on any atom is -0.497 e. The predicted octanol–water partition coefficient (Wildman–Crippen LogP) is 4.22. The number of carbonyl (C=O) groups is 2. The van der Waals surface area contributed by atoms with Crippen LogP contribution in [0.5, 0.6) is 5.75 Å². The zero-order chi connectivity index (χ0) is 22.5. The summed E-state index contributed by atoms with van der Waals surface area (Å²) in [5.74, 6) is 0.346. The lowest BCUT2D eigenvalue weighted by molar-refractivity contribution is 0.0748. The number of ether oxygens (including phenoxy) is 1. The first-order chi connectivity index (χ1) is 15.5. The van der Waals surface area contributed by atoms with Crippen LogP contribution in [-0.2, 0) is 0 Å². The van der Waals surface area contributed by atoms with Gasteiger partial charge in [0.1, 0.15) is 5.75 Å².